The summed E-state index contributed by atoms with van der Waals surface area (Å²) in [5.74, 6) is 0.441. The molecule has 0 unspecified atom stereocenters. The number of carbonyl (C=O) groups excluding carboxylic acids is 1. The van der Waals surface area contributed by atoms with E-state index < -0.39 is 0 Å². The first-order valence-electron chi connectivity index (χ1n) is 11.4. The zero-order valence-electron chi connectivity index (χ0n) is 19.8. The normalized spacial score (nSPS) is 13.8. The molecular weight excluding hydrogens is 572 g/mol. The number of amides is 1. The molecule has 3 aromatic rings. The summed E-state index contributed by atoms with van der Waals surface area (Å²) < 4.78 is 25.4. The van der Waals surface area contributed by atoms with Crippen LogP contribution >= 0.6 is 22.6 Å². The standard InChI is InChI=1S/C28H25FIN3O3/c1-35-26-17-21(16-25(30)27(26)36-19-20-7-9-23(29)10-8-20)15-22(18-31)28(34)33-13-11-32(12-14-33)24-5-3-2-4-6-24/h2-10,15-17H,11-14,19H2,1H3/b22-15-. The van der Waals surface area contributed by atoms with E-state index in [-0.39, 0.29) is 23.9 Å². The molecule has 1 aliphatic heterocycles. The van der Waals surface area contributed by atoms with Gasteiger partial charge in [0.15, 0.2) is 11.5 Å². The van der Waals surface area contributed by atoms with E-state index in [9.17, 15) is 14.4 Å². The summed E-state index contributed by atoms with van der Waals surface area (Å²) in [6.07, 6.45) is 1.58. The number of nitrogens with zero attached hydrogens (tertiary/aromatic N) is 3. The number of carbonyl (C=O) groups is 1. The van der Waals surface area contributed by atoms with Crippen LogP contribution in [0.4, 0.5) is 10.1 Å². The van der Waals surface area contributed by atoms with Crippen molar-refractivity contribution in [3.05, 3.63) is 92.8 Å². The summed E-state index contributed by atoms with van der Waals surface area (Å²) in [6.45, 7) is 2.76. The van der Waals surface area contributed by atoms with Gasteiger partial charge in [-0.3, -0.25) is 4.79 Å². The second-order valence-corrected chi connectivity index (χ2v) is 9.40. The van der Waals surface area contributed by atoms with Crippen molar-refractivity contribution in [2.24, 2.45) is 0 Å². The summed E-state index contributed by atoms with van der Waals surface area (Å²) in [7, 11) is 1.53. The number of hydrogen-bond donors (Lipinski definition) is 0. The molecule has 1 aliphatic rings. The van der Waals surface area contributed by atoms with E-state index in [1.165, 1.54) is 19.2 Å². The highest BCUT2D eigenvalue weighted by Gasteiger charge is 2.24. The average Bonchev–Trinajstić information content (AvgIpc) is 2.92. The summed E-state index contributed by atoms with van der Waals surface area (Å²) in [5, 5.41) is 9.74. The Morgan fingerprint density at radius 1 is 1.08 bits per heavy atom. The third kappa shape index (κ3) is 6.15. The second kappa shape index (κ2) is 11.9. The van der Waals surface area contributed by atoms with Crippen LogP contribution in [0.25, 0.3) is 6.08 Å². The highest BCUT2D eigenvalue weighted by Crippen LogP contribution is 2.35. The fraction of sp³-hybridized carbons (Fsp3) is 0.214. The maximum atomic E-state index is 13.2. The highest BCUT2D eigenvalue weighted by molar-refractivity contribution is 14.1. The Kier molecular flexibility index (Phi) is 8.44. The van der Waals surface area contributed by atoms with Gasteiger partial charge < -0.3 is 19.3 Å². The zero-order valence-corrected chi connectivity index (χ0v) is 21.9. The third-order valence-electron chi connectivity index (χ3n) is 5.90. The van der Waals surface area contributed by atoms with Crippen LogP contribution in [0.1, 0.15) is 11.1 Å². The van der Waals surface area contributed by atoms with Gasteiger partial charge in [-0.2, -0.15) is 5.26 Å². The number of anilines is 1. The van der Waals surface area contributed by atoms with Crippen molar-refractivity contribution in [1.29, 1.82) is 5.26 Å². The average molecular weight is 597 g/mol. The molecule has 184 valence electrons. The Balaban J connectivity index is 1.46. The number of piperazine rings is 1. The molecule has 1 fully saturated rings. The van der Waals surface area contributed by atoms with Crippen LogP contribution in [-0.4, -0.2) is 44.1 Å². The predicted octanol–water partition coefficient (Wildman–Crippen LogP) is 5.27. The number of methoxy groups -OCH3 is 1. The monoisotopic (exact) mass is 597 g/mol. The van der Waals surface area contributed by atoms with Crippen molar-refractivity contribution in [2.45, 2.75) is 6.61 Å². The molecule has 0 spiro atoms. The van der Waals surface area contributed by atoms with Crippen LogP contribution in [-0.2, 0) is 11.4 Å². The van der Waals surface area contributed by atoms with E-state index in [1.54, 1.807) is 29.2 Å². The zero-order chi connectivity index (χ0) is 25.5. The van der Waals surface area contributed by atoms with Gasteiger partial charge in [-0.05, 0) is 76.2 Å². The van der Waals surface area contributed by atoms with Gasteiger partial charge in [0.2, 0.25) is 0 Å². The van der Waals surface area contributed by atoms with E-state index in [0.717, 1.165) is 14.8 Å². The van der Waals surface area contributed by atoms with Crippen LogP contribution in [0.5, 0.6) is 11.5 Å². The van der Waals surface area contributed by atoms with Crippen LogP contribution in [0.3, 0.4) is 0 Å². The number of hydrogen-bond acceptors (Lipinski definition) is 5. The Morgan fingerprint density at radius 2 is 1.78 bits per heavy atom. The van der Waals surface area contributed by atoms with Crippen LogP contribution in [0.15, 0.2) is 72.3 Å². The maximum Gasteiger partial charge on any atom is 0.264 e. The van der Waals surface area contributed by atoms with E-state index >= 15 is 0 Å². The quantitative estimate of drug-likeness (QED) is 0.211. The molecule has 0 bridgehead atoms. The second-order valence-electron chi connectivity index (χ2n) is 8.23. The smallest absolute Gasteiger partial charge is 0.264 e. The van der Waals surface area contributed by atoms with Gasteiger partial charge in [-0.1, -0.05) is 30.3 Å². The van der Waals surface area contributed by atoms with Crippen LogP contribution in [0.2, 0.25) is 0 Å². The van der Waals surface area contributed by atoms with Crippen LogP contribution in [0, 0.1) is 20.7 Å². The Labute approximate surface area is 223 Å². The molecule has 0 atom stereocenters. The minimum atomic E-state index is -0.303. The maximum absolute atomic E-state index is 13.2. The van der Waals surface area contributed by atoms with Crippen molar-refractivity contribution in [3.8, 4) is 17.6 Å². The molecule has 6 nitrogen and oxygen atoms in total. The largest absolute Gasteiger partial charge is 0.493 e. The first-order valence-corrected chi connectivity index (χ1v) is 12.5. The molecule has 4 rings (SSSR count). The minimum absolute atomic E-state index is 0.0704. The van der Waals surface area contributed by atoms with Gasteiger partial charge in [0.25, 0.3) is 5.91 Å². The van der Waals surface area contributed by atoms with Gasteiger partial charge in [0.05, 0.1) is 10.7 Å². The van der Waals surface area contributed by atoms with Gasteiger partial charge in [-0.25, -0.2) is 4.39 Å². The van der Waals surface area contributed by atoms with Crippen molar-refractivity contribution in [3.63, 3.8) is 0 Å². The summed E-state index contributed by atoms with van der Waals surface area (Å²) in [6, 6.07) is 21.8. The van der Waals surface area contributed by atoms with Crippen molar-refractivity contribution >= 4 is 40.3 Å². The fourth-order valence-electron chi connectivity index (χ4n) is 3.98. The molecule has 1 heterocycles. The van der Waals surface area contributed by atoms with E-state index in [1.807, 2.05) is 24.3 Å². The van der Waals surface area contributed by atoms with Crippen molar-refractivity contribution in [1.82, 2.24) is 4.90 Å². The predicted molar refractivity (Wildman–Crippen MR) is 145 cm³/mol. The van der Waals surface area contributed by atoms with E-state index in [2.05, 4.69) is 45.7 Å². The lowest BCUT2D eigenvalue weighted by Crippen LogP contribution is -2.49. The lowest BCUT2D eigenvalue weighted by Gasteiger charge is -2.36. The first-order chi connectivity index (χ1) is 17.5. The minimum Gasteiger partial charge on any atom is -0.493 e. The molecule has 36 heavy (non-hydrogen) atoms. The lowest BCUT2D eigenvalue weighted by molar-refractivity contribution is -0.126. The topological polar surface area (TPSA) is 65.8 Å². The molecule has 0 aromatic heterocycles. The molecule has 1 amide bonds. The Bertz CT molecular complexity index is 1280. The third-order valence-corrected chi connectivity index (χ3v) is 6.70. The first kappa shape index (κ1) is 25.5. The summed E-state index contributed by atoms with van der Waals surface area (Å²) in [4.78, 5) is 17.1. The molecule has 8 heteroatoms. The van der Waals surface area contributed by atoms with Gasteiger partial charge in [0.1, 0.15) is 24.1 Å². The molecular formula is C28H25FIN3O3. The number of nitriles is 1. The van der Waals surface area contributed by atoms with E-state index in [4.69, 9.17) is 9.47 Å². The van der Waals surface area contributed by atoms with Crippen LogP contribution < -0.4 is 14.4 Å². The number of para-hydroxylation sites is 1. The number of benzene rings is 3. The van der Waals surface area contributed by atoms with Gasteiger partial charge in [0, 0.05) is 31.9 Å². The SMILES string of the molecule is COc1cc(/C=C(/C#N)C(=O)N2CCN(c3ccccc3)CC2)cc(I)c1OCc1ccc(F)cc1. The number of halogens is 2. The number of ether oxygens (including phenoxy) is 2. The van der Waals surface area contributed by atoms with Crippen molar-refractivity contribution in [2.75, 3.05) is 38.2 Å². The molecule has 0 saturated carbocycles. The van der Waals surface area contributed by atoms with Crippen molar-refractivity contribution < 1.29 is 18.7 Å². The molecule has 3 aromatic carbocycles. The summed E-state index contributed by atoms with van der Waals surface area (Å²) >= 11 is 2.13. The number of rotatable bonds is 7. The Morgan fingerprint density at radius 3 is 2.42 bits per heavy atom. The summed E-state index contributed by atoms with van der Waals surface area (Å²) in [5.41, 5.74) is 2.69. The highest BCUT2D eigenvalue weighted by atomic mass is 127. The van der Waals surface area contributed by atoms with Gasteiger partial charge in [-0.15, -0.1) is 0 Å². The van der Waals surface area contributed by atoms with E-state index in [0.29, 0.717) is 43.2 Å². The Hall–Kier alpha value is -3.58. The molecule has 1 saturated heterocycles. The fourth-order valence-corrected chi connectivity index (χ4v) is 4.77. The van der Waals surface area contributed by atoms with Gasteiger partial charge >= 0.3 is 0 Å². The lowest BCUT2D eigenvalue weighted by atomic mass is 10.1. The molecule has 0 radical (unpaired) electrons. The molecule has 0 N–H and O–H groups in total. The molecule has 0 aliphatic carbocycles.